The molecule has 0 aromatic carbocycles. The third-order valence-electron chi connectivity index (χ3n) is 4.83. The Balaban J connectivity index is 1.58. The van der Waals surface area contributed by atoms with Gasteiger partial charge < -0.3 is 4.42 Å². The smallest absolute Gasteiger partial charge is 0.400 e. The predicted molar refractivity (Wildman–Crippen MR) is 77.1 cm³/mol. The first-order valence-electron chi connectivity index (χ1n) is 7.40. The number of amides is 2. The van der Waals surface area contributed by atoms with E-state index in [0.29, 0.717) is 0 Å². The van der Waals surface area contributed by atoms with E-state index in [0.717, 1.165) is 24.1 Å². The number of nitrogens with zero attached hydrogens (tertiary/aromatic N) is 3. The van der Waals surface area contributed by atoms with Gasteiger partial charge in [-0.15, -0.1) is 0 Å². The molecule has 0 radical (unpaired) electrons. The first-order valence-corrected chi connectivity index (χ1v) is 7.40. The summed E-state index contributed by atoms with van der Waals surface area (Å²) in [6.45, 7) is 0. The molecule has 4 atom stereocenters. The minimum absolute atomic E-state index is 0.103. The molecule has 1 aromatic rings. The second-order valence-electron chi connectivity index (χ2n) is 6.01. The van der Waals surface area contributed by atoms with Crippen LogP contribution in [0.4, 0.5) is 5.88 Å². The van der Waals surface area contributed by atoms with Crippen LogP contribution in [-0.2, 0) is 9.59 Å². The first kappa shape index (κ1) is 13.9. The van der Waals surface area contributed by atoms with Crippen LogP contribution >= 0.6 is 0 Å². The number of hydrogen-bond donors (Lipinski definition) is 0. The first-order chi connectivity index (χ1) is 11.1. The minimum atomic E-state index is -0.665. The van der Waals surface area contributed by atoms with E-state index >= 15 is 0 Å². The van der Waals surface area contributed by atoms with Crippen LogP contribution in [0.5, 0.6) is 0 Å². The number of fused-ring (bicyclic) bond motifs is 1. The lowest BCUT2D eigenvalue weighted by Gasteiger charge is -2.37. The zero-order chi connectivity index (χ0) is 16.1. The number of furan rings is 1. The molecular weight excluding hydrogens is 302 g/mol. The van der Waals surface area contributed by atoms with Crippen LogP contribution in [-0.4, -0.2) is 28.0 Å². The summed E-state index contributed by atoms with van der Waals surface area (Å²) in [7, 11) is 0. The quantitative estimate of drug-likeness (QED) is 0.277. The number of carbonyl (C=O) groups excluding carboxylic acids is 2. The monoisotopic (exact) mass is 315 g/mol. The van der Waals surface area contributed by atoms with Crippen LogP contribution in [0.3, 0.4) is 0 Å². The van der Waals surface area contributed by atoms with Crippen molar-refractivity contribution in [2.45, 2.75) is 12.8 Å². The fourth-order valence-electron chi connectivity index (χ4n) is 3.80. The van der Waals surface area contributed by atoms with Gasteiger partial charge in [0.1, 0.15) is 4.92 Å². The van der Waals surface area contributed by atoms with Gasteiger partial charge in [-0.05, 0) is 30.7 Å². The molecule has 2 amide bonds. The summed E-state index contributed by atoms with van der Waals surface area (Å²) >= 11 is 0. The van der Waals surface area contributed by atoms with Crippen LogP contribution in [0, 0.1) is 33.8 Å². The van der Waals surface area contributed by atoms with Gasteiger partial charge in [-0.1, -0.05) is 12.2 Å². The molecule has 5 rings (SSSR count). The zero-order valence-electron chi connectivity index (χ0n) is 12.0. The van der Waals surface area contributed by atoms with Crippen molar-refractivity contribution >= 4 is 23.9 Å². The van der Waals surface area contributed by atoms with E-state index < -0.39 is 10.8 Å². The molecule has 2 bridgehead atoms. The molecule has 2 heterocycles. The summed E-state index contributed by atoms with van der Waals surface area (Å²) in [4.78, 5) is 34.9. The average molecular weight is 315 g/mol. The lowest BCUT2D eigenvalue weighted by Crippen LogP contribution is -2.38. The van der Waals surface area contributed by atoms with E-state index in [2.05, 4.69) is 5.10 Å². The molecule has 3 aliphatic carbocycles. The summed E-state index contributed by atoms with van der Waals surface area (Å²) in [6.07, 6.45) is 7.06. The molecule has 0 spiro atoms. The topological polar surface area (TPSA) is 106 Å². The second-order valence-corrected chi connectivity index (χ2v) is 6.01. The summed E-state index contributed by atoms with van der Waals surface area (Å²) < 4.78 is 4.94. The van der Waals surface area contributed by atoms with Gasteiger partial charge in [-0.3, -0.25) is 19.7 Å². The highest BCUT2D eigenvalue weighted by Crippen LogP contribution is 2.49. The standard InChI is InChI=1S/C15H13N3O5/c19-14-12-8-1-2-9(4-3-8)13(12)15(20)17(14)16-7-10-5-6-11(23-10)18(21)22/h1-2,5-9,12-13H,3-4H2/b16-7-/t8-,9+,12-,13-/m0/s1. The normalized spacial score (nSPS) is 32.1. The highest BCUT2D eigenvalue weighted by molar-refractivity contribution is 6.06. The number of nitro groups is 1. The Morgan fingerprint density at radius 3 is 2.26 bits per heavy atom. The molecule has 1 aliphatic heterocycles. The maximum absolute atomic E-state index is 12.5. The number of hydrogen-bond acceptors (Lipinski definition) is 6. The van der Waals surface area contributed by atoms with Gasteiger partial charge in [0, 0.05) is 0 Å². The summed E-state index contributed by atoms with van der Waals surface area (Å²) in [5, 5.41) is 15.4. The Bertz CT molecular complexity index is 733. The molecule has 0 unspecified atom stereocenters. The fraction of sp³-hybridized carbons (Fsp3) is 0.400. The highest BCUT2D eigenvalue weighted by Gasteiger charge is 2.56. The van der Waals surface area contributed by atoms with E-state index in [1.54, 1.807) is 0 Å². The molecule has 8 heteroatoms. The zero-order valence-corrected chi connectivity index (χ0v) is 12.0. The van der Waals surface area contributed by atoms with Gasteiger partial charge in [-0.2, -0.15) is 10.1 Å². The molecule has 1 saturated heterocycles. The number of rotatable bonds is 3. The molecule has 8 nitrogen and oxygen atoms in total. The molecule has 0 N–H and O–H groups in total. The third-order valence-corrected chi connectivity index (χ3v) is 4.83. The van der Waals surface area contributed by atoms with E-state index in [4.69, 9.17) is 4.42 Å². The molecule has 118 valence electrons. The molecule has 1 aromatic heterocycles. The Morgan fingerprint density at radius 1 is 1.17 bits per heavy atom. The van der Waals surface area contributed by atoms with Crippen molar-refractivity contribution in [2.24, 2.45) is 28.8 Å². The maximum Gasteiger partial charge on any atom is 0.433 e. The molecule has 1 saturated carbocycles. The number of hydrazone groups is 1. The SMILES string of the molecule is O=C1[C@@H]2[C@@H](C(=O)N1/N=C\c1ccc([N+](=O)[O-])o1)[C@H]1C=C[C@@H]2CC1. The summed E-state index contributed by atoms with van der Waals surface area (Å²) in [6, 6.07) is 2.56. The summed E-state index contributed by atoms with van der Waals surface area (Å²) in [5.74, 6) is -1.33. The van der Waals surface area contributed by atoms with Crippen LogP contribution in [0.25, 0.3) is 0 Å². The Kier molecular flexibility index (Phi) is 2.93. The van der Waals surface area contributed by atoms with Crippen molar-refractivity contribution < 1.29 is 18.9 Å². The van der Waals surface area contributed by atoms with Gasteiger partial charge >= 0.3 is 5.88 Å². The molecule has 23 heavy (non-hydrogen) atoms. The van der Waals surface area contributed by atoms with Crippen molar-refractivity contribution in [3.63, 3.8) is 0 Å². The highest BCUT2D eigenvalue weighted by atomic mass is 16.6. The largest absolute Gasteiger partial charge is 0.433 e. The van der Waals surface area contributed by atoms with Crippen LogP contribution in [0.1, 0.15) is 18.6 Å². The Hall–Kier alpha value is -2.77. The van der Waals surface area contributed by atoms with Crippen molar-refractivity contribution in [2.75, 3.05) is 0 Å². The van der Waals surface area contributed by atoms with Crippen LogP contribution < -0.4 is 0 Å². The molecular formula is C15H13N3O5. The fourth-order valence-corrected chi connectivity index (χ4v) is 3.80. The van der Waals surface area contributed by atoms with E-state index in [1.807, 2.05) is 12.2 Å². The van der Waals surface area contributed by atoms with Gasteiger partial charge in [-0.25, -0.2) is 0 Å². The van der Waals surface area contributed by atoms with Crippen molar-refractivity contribution in [3.8, 4) is 0 Å². The third kappa shape index (κ3) is 2.01. The van der Waals surface area contributed by atoms with E-state index in [-0.39, 0.29) is 41.2 Å². The van der Waals surface area contributed by atoms with Crippen LogP contribution in [0.15, 0.2) is 33.8 Å². The summed E-state index contributed by atoms with van der Waals surface area (Å²) in [5.41, 5.74) is 0. The molecule has 2 fully saturated rings. The number of carbonyl (C=O) groups is 2. The van der Waals surface area contributed by atoms with Crippen molar-refractivity contribution in [1.29, 1.82) is 0 Å². The molecule has 4 aliphatic rings. The predicted octanol–water partition coefficient (Wildman–Crippen LogP) is 1.72. The van der Waals surface area contributed by atoms with E-state index in [9.17, 15) is 19.7 Å². The van der Waals surface area contributed by atoms with Crippen molar-refractivity contribution in [1.82, 2.24) is 5.01 Å². The lowest BCUT2D eigenvalue weighted by molar-refractivity contribution is -0.402. The van der Waals surface area contributed by atoms with Crippen LogP contribution in [0.2, 0.25) is 0 Å². The van der Waals surface area contributed by atoms with Gasteiger partial charge in [0.2, 0.25) is 0 Å². The van der Waals surface area contributed by atoms with Gasteiger partial charge in [0.25, 0.3) is 11.8 Å². The average Bonchev–Trinajstić information content (AvgIpc) is 3.13. The minimum Gasteiger partial charge on any atom is -0.400 e. The van der Waals surface area contributed by atoms with E-state index in [1.165, 1.54) is 12.1 Å². The van der Waals surface area contributed by atoms with Gasteiger partial charge in [0.05, 0.1) is 24.1 Å². The van der Waals surface area contributed by atoms with Gasteiger partial charge in [0.15, 0.2) is 5.76 Å². The van der Waals surface area contributed by atoms with Crippen molar-refractivity contribution in [3.05, 3.63) is 40.2 Å². The number of allylic oxidation sites excluding steroid dienone is 2. The lowest BCUT2D eigenvalue weighted by atomic mass is 9.63. The Labute approximate surface area is 130 Å². The Morgan fingerprint density at radius 2 is 1.78 bits per heavy atom. The maximum atomic E-state index is 12.5. The number of imide groups is 1. The second kappa shape index (κ2) is 4.87.